The summed E-state index contributed by atoms with van der Waals surface area (Å²) in [7, 11) is -3.65. The molecule has 1 N–H and O–H groups in total. The Balaban J connectivity index is 2.26. The molecule has 1 aromatic carbocycles. The summed E-state index contributed by atoms with van der Waals surface area (Å²) in [5.74, 6) is -2.80. The molecule has 0 fully saturated rings. The lowest BCUT2D eigenvalue weighted by Crippen LogP contribution is -2.26. The summed E-state index contributed by atoms with van der Waals surface area (Å²) in [5, 5.41) is 0.0355. The van der Waals surface area contributed by atoms with Gasteiger partial charge in [-0.3, -0.25) is 4.72 Å². The first-order chi connectivity index (χ1) is 13.6. The van der Waals surface area contributed by atoms with Gasteiger partial charge in [-0.2, -0.15) is 4.98 Å². The number of anilines is 1. The van der Waals surface area contributed by atoms with Crippen LogP contribution in [0.15, 0.2) is 29.4 Å². The lowest BCUT2D eigenvalue weighted by Gasteiger charge is -2.14. The quantitative estimate of drug-likeness (QED) is 0.355. The van der Waals surface area contributed by atoms with E-state index in [9.17, 15) is 22.0 Å². The number of ether oxygens (including phenoxy) is 2. The average Bonchev–Trinajstić information content (AvgIpc) is 2.61. The summed E-state index contributed by atoms with van der Waals surface area (Å²) in [6.07, 6.45) is -0.0688. The highest BCUT2D eigenvalue weighted by molar-refractivity contribution is 7.98. The maximum atomic E-state index is 13.8. The number of aromatic nitrogens is 2. The van der Waals surface area contributed by atoms with E-state index >= 15 is 0 Å². The van der Waals surface area contributed by atoms with Crippen molar-refractivity contribution in [1.82, 2.24) is 9.97 Å². The van der Waals surface area contributed by atoms with Gasteiger partial charge >= 0.3 is 5.97 Å². The third-order valence-corrected chi connectivity index (χ3v) is 4.75. The van der Waals surface area contributed by atoms with Crippen molar-refractivity contribution < 1.29 is 31.5 Å². The second-order valence-corrected chi connectivity index (χ2v) is 8.45. The van der Waals surface area contributed by atoms with Gasteiger partial charge in [-0.15, -0.1) is 0 Å². The molecule has 1 aromatic heterocycles. The Bertz CT molecular complexity index is 989. The molecule has 12 heteroatoms. The van der Waals surface area contributed by atoms with Crippen LogP contribution in [-0.2, 0) is 25.3 Å². The van der Waals surface area contributed by atoms with Crippen LogP contribution >= 0.6 is 11.8 Å². The first-order valence-electron chi connectivity index (χ1n) is 8.35. The predicted molar refractivity (Wildman–Crippen MR) is 103 cm³/mol. The van der Waals surface area contributed by atoms with Gasteiger partial charge in [0.15, 0.2) is 22.9 Å². The predicted octanol–water partition coefficient (Wildman–Crippen LogP) is 2.75. The van der Waals surface area contributed by atoms with Crippen molar-refractivity contribution in [1.29, 1.82) is 0 Å². The molecule has 0 saturated heterocycles. The van der Waals surface area contributed by atoms with Crippen LogP contribution in [0.5, 0.6) is 5.88 Å². The lowest BCUT2D eigenvalue weighted by molar-refractivity contribution is -0.150. The Kier molecular flexibility index (Phi) is 7.73. The van der Waals surface area contributed by atoms with E-state index in [1.54, 1.807) is 6.92 Å². The van der Waals surface area contributed by atoms with E-state index in [1.165, 1.54) is 25.1 Å². The van der Waals surface area contributed by atoms with E-state index in [-0.39, 0.29) is 34.8 Å². The summed E-state index contributed by atoms with van der Waals surface area (Å²) in [6, 6.07) is 4.97. The lowest BCUT2D eigenvalue weighted by atomic mass is 10.2. The monoisotopic (exact) mass is 447 g/mol. The largest absolute Gasteiger partial charge is 0.463 e. The summed E-state index contributed by atoms with van der Waals surface area (Å²) in [5.41, 5.74) is 0.0856. The number of carbonyl (C=O) groups excluding carboxylic acids is 1. The second-order valence-electron chi connectivity index (χ2n) is 5.76. The van der Waals surface area contributed by atoms with Crippen molar-refractivity contribution in [2.45, 2.75) is 30.9 Å². The van der Waals surface area contributed by atoms with E-state index in [0.717, 1.165) is 24.1 Å². The third kappa shape index (κ3) is 7.13. The Labute approximate surface area is 171 Å². The molecular formula is C17H19F2N3O5S2. The number of nitrogens with zero attached hydrogens (tertiary/aromatic N) is 2. The van der Waals surface area contributed by atoms with Crippen molar-refractivity contribution in [3.05, 3.63) is 41.5 Å². The van der Waals surface area contributed by atoms with E-state index in [0.29, 0.717) is 0 Å². The fourth-order valence-corrected chi connectivity index (χ4v) is 3.37. The molecule has 0 amide bonds. The number of nitrogens with one attached hydrogen (secondary N) is 1. The fraction of sp³-hybridized carbons (Fsp3) is 0.353. The molecular weight excluding hydrogens is 428 g/mol. The number of halogens is 2. The summed E-state index contributed by atoms with van der Waals surface area (Å²) >= 11 is 0.937. The van der Waals surface area contributed by atoms with Crippen molar-refractivity contribution in [3.8, 4) is 5.88 Å². The van der Waals surface area contributed by atoms with Gasteiger partial charge in [0.1, 0.15) is 5.82 Å². The highest BCUT2D eigenvalue weighted by atomic mass is 32.2. The molecule has 0 bridgehead atoms. The molecule has 8 nitrogen and oxygen atoms in total. The normalized spacial score (nSPS) is 12.3. The molecule has 1 heterocycles. The van der Waals surface area contributed by atoms with E-state index < -0.39 is 33.7 Å². The number of hydrogen-bond acceptors (Lipinski definition) is 8. The molecule has 0 aliphatic rings. The van der Waals surface area contributed by atoms with Crippen molar-refractivity contribution in [3.63, 3.8) is 0 Å². The molecule has 2 rings (SSSR count). The van der Waals surface area contributed by atoms with Crippen LogP contribution in [0.25, 0.3) is 0 Å². The van der Waals surface area contributed by atoms with Crippen molar-refractivity contribution >= 4 is 33.6 Å². The van der Waals surface area contributed by atoms with Gasteiger partial charge in [-0.1, -0.05) is 23.9 Å². The Hall–Kier alpha value is -2.47. The van der Waals surface area contributed by atoms with Crippen LogP contribution in [0.2, 0.25) is 0 Å². The molecule has 0 aliphatic heterocycles. The molecule has 0 radical (unpaired) electrons. The molecule has 158 valence electrons. The summed E-state index contributed by atoms with van der Waals surface area (Å²) in [4.78, 5) is 19.8. The van der Waals surface area contributed by atoms with Gasteiger partial charge in [-0.05, 0) is 19.9 Å². The van der Waals surface area contributed by atoms with Crippen LogP contribution in [0.4, 0.5) is 14.6 Å². The maximum Gasteiger partial charge on any atom is 0.347 e. The Morgan fingerprint density at radius 3 is 2.69 bits per heavy atom. The van der Waals surface area contributed by atoms with Crippen LogP contribution in [-0.4, -0.2) is 43.3 Å². The standard InChI is InChI=1S/C17H19F2N3O5S2/c1-4-26-16(23)10(2)27-14-8-13(22-29(3,24)25)20-17(21-14)28-9-11-6-5-7-12(18)15(11)19/h5-8,10H,4,9H2,1-3H3,(H,20,21,22). The van der Waals surface area contributed by atoms with Crippen LogP contribution in [0.1, 0.15) is 19.4 Å². The molecule has 0 aliphatic carbocycles. The van der Waals surface area contributed by atoms with Gasteiger partial charge in [0.25, 0.3) is 0 Å². The Morgan fingerprint density at radius 2 is 2.03 bits per heavy atom. The van der Waals surface area contributed by atoms with E-state index in [1.807, 2.05) is 0 Å². The van der Waals surface area contributed by atoms with Crippen LogP contribution in [0.3, 0.4) is 0 Å². The van der Waals surface area contributed by atoms with Gasteiger partial charge in [-0.25, -0.2) is 27.0 Å². The number of rotatable bonds is 9. The van der Waals surface area contributed by atoms with Crippen LogP contribution < -0.4 is 9.46 Å². The number of thioether (sulfide) groups is 1. The Morgan fingerprint density at radius 1 is 1.31 bits per heavy atom. The van der Waals surface area contributed by atoms with E-state index in [4.69, 9.17) is 9.47 Å². The zero-order valence-corrected chi connectivity index (χ0v) is 17.4. The zero-order chi connectivity index (χ0) is 21.6. The van der Waals surface area contributed by atoms with Gasteiger partial charge in [0.2, 0.25) is 15.9 Å². The summed E-state index contributed by atoms with van der Waals surface area (Å²) in [6.45, 7) is 3.25. The number of sulfonamides is 1. The fourth-order valence-electron chi connectivity index (χ4n) is 2.06. The van der Waals surface area contributed by atoms with Gasteiger partial charge in [0, 0.05) is 17.4 Å². The van der Waals surface area contributed by atoms with Gasteiger partial charge in [0.05, 0.1) is 12.9 Å². The zero-order valence-electron chi connectivity index (χ0n) is 15.8. The smallest absolute Gasteiger partial charge is 0.347 e. The van der Waals surface area contributed by atoms with Crippen molar-refractivity contribution in [2.75, 3.05) is 17.6 Å². The highest BCUT2D eigenvalue weighted by Gasteiger charge is 2.19. The topological polar surface area (TPSA) is 107 Å². The maximum absolute atomic E-state index is 13.8. The third-order valence-electron chi connectivity index (χ3n) is 3.28. The number of esters is 1. The SMILES string of the molecule is CCOC(=O)C(C)Oc1cc(NS(C)(=O)=O)nc(SCc2cccc(F)c2F)n1. The average molecular weight is 447 g/mol. The first kappa shape index (κ1) is 22.8. The van der Waals surface area contributed by atoms with Crippen LogP contribution in [0, 0.1) is 11.6 Å². The second kappa shape index (κ2) is 9.83. The first-order valence-corrected chi connectivity index (χ1v) is 11.2. The molecule has 1 atom stereocenters. The number of benzene rings is 1. The molecule has 1 unspecified atom stereocenters. The minimum Gasteiger partial charge on any atom is -0.463 e. The van der Waals surface area contributed by atoms with Crippen molar-refractivity contribution in [2.24, 2.45) is 0 Å². The van der Waals surface area contributed by atoms with Gasteiger partial charge < -0.3 is 9.47 Å². The molecule has 29 heavy (non-hydrogen) atoms. The highest BCUT2D eigenvalue weighted by Crippen LogP contribution is 2.26. The summed E-state index contributed by atoms with van der Waals surface area (Å²) < 4.78 is 62.6. The molecule has 0 spiro atoms. The number of carbonyl (C=O) groups is 1. The number of hydrogen-bond donors (Lipinski definition) is 1. The molecule has 2 aromatic rings. The minimum absolute atomic E-state index is 0.0151. The van der Waals surface area contributed by atoms with E-state index in [2.05, 4.69) is 14.7 Å². The minimum atomic E-state index is -3.65. The molecule has 0 saturated carbocycles.